The summed E-state index contributed by atoms with van der Waals surface area (Å²) in [5.74, 6) is -1.69. The molecular formula is C21H22FNO5S. The van der Waals surface area contributed by atoms with Crippen LogP contribution >= 0.6 is 0 Å². The van der Waals surface area contributed by atoms with Gasteiger partial charge in [0.1, 0.15) is 11.5 Å². The Labute approximate surface area is 168 Å². The van der Waals surface area contributed by atoms with Gasteiger partial charge in [0, 0.05) is 28.3 Å². The molecule has 3 aromatic rings. The van der Waals surface area contributed by atoms with E-state index in [9.17, 15) is 22.7 Å². The van der Waals surface area contributed by atoms with Gasteiger partial charge in [-0.2, -0.15) is 0 Å². The van der Waals surface area contributed by atoms with Crippen molar-refractivity contribution < 1.29 is 27.4 Å². The van der Waals surface area contributed by atoms with Crippen LogP contribution in [0.15, 0.2) is 36.4 Å². The van der Waals surface area contributed by atoms with Gasteiger partial charge in [0.15, 0.2) is 9.84 Å². The molecule has 0 saturated heterocycles. The second-order valence-corrected chi connectivity index (χ2v) is 9.06. The molecule has 1 aromatic heterocycles. The second kappa shape index (κ2) is 7.96. The van der Waals surface area contributed by atoms with Crippen LogP contribution in [-0.4, -0.2) is 37.3 Å². The number of aliphatic hydroxyl groups excluding tert-OH is 1. The maximum Gasteiger partial charge on any atom is 0.355 e. The number of esters is 1. The van der Waals surface area contributed by atoms with E-state index in [4.69, 9.17) is 4.74 Å². The van der Waals surface area contributed by atoms with Crippen molar-refractivity contribution in [3.05, 3.63) is 59.0 Å². The van der Waals surface area contributed by atoms with Crippen molar-refractivity contribution >= 4 is 26.7 Å². The molecule has 2 aromatic carbocycles. The number of aromatic nitrogens is 1. The van der Waals surface area contributed by atoms with Gasteiger partial charge in [-0.3, -0.25) is 0 Å². The molecule has 0 aliphatic heterocycles. The number of nitrogens with one attached hydrogen (secondary N) is 1. The zero-order valence-electron chi connectivity index (χ0n) is 16.3. The van der Waals surface area contributed by atoms with Crippen molar-refractivity contribution in [2.45, 2.75) is 25.7 Å². The molecule has 1 atom stereocenters. The number of rotatable bonds is 6. The van der Waals surface area contributed by atoms with Crippen molar-refractivity contribution in [3.63, 3.8) is 0 Å². The largest absolute Gasteiger partial charge is 0.461 e. The fraction of sp³-hybridized carbons (Fsp3) is 0.286. The smallest absolute Gasteiger partial charge is 0.355 e. The summed E-state index contributed by atoms with van der Waals surface area (Å²) in [5, 5.41) is 10.7. The predicted molar refractivity (Wildman–Crippen MR) is 109 cm³/mol. The van der Waals surface area contributed by atoms with Gasteiger partial charge >= 0.3 is 5.97 Å². The van der Waals surface area contributed by atoms with Crippen LogP contribution < -0.4 is 0 Å². The highest BCUT2D eigenvalue weighted by Gasteiger charge is 2.23. The van der Waals surface area contributed by atoms with E-state index in [1.807, 2.05) is 0 Å². The highest BCUT2D eigenvalue weighted by molar-refractivity contribution is 7.89. The van der Waals surface area contributed by atoms with Gasteiger partial charge in [-0.15, -0.1) is 0 Å². The van der Waals surface area contributed by atoms with E-state index >= 15 is 0 Å². The zero-order valence-corrected chi connectivity index (χ0v) is 17.1. The van der Waals surface area contributed by atoms with Gasteiger partial charge in [0.25, 0.3) is 0 Å². The van der Waals surface area contributed by atoms with Crippen LogP contribution in [0.25, 0.3) is 22.0 Å². The first-order chi connectivity index (χ1) is 13.6. The minimum Gasteiger partial charge on any atom is -0.461 e. The number of aliphatic hydroxyl groups is 1. The molecule has 6 nitrogen and oxygen atoms in total. The molecule has 8 heteroatoms. The van der Waals surface area contributed by atoms with Crippen molar-refractivity contribution in [2.75, 3.05) is 12.9 Å². The lowest BCUT2D eigenvalue weighted by molar-refractivity contribution is 0.0521. The molecule has 1 unspecified atom stereocenters. The second-order valence-electron chi connectivity index (χ2n) is 6.92. The average molecular weight is 419 g/mol. The number of H-pyrrole nitrogens is 1. The van der Waals surface area contributed by atoms with Crippen LogP contribution in [0, 0.1) is 5.82 Å². The first-order valence-electron chi connectivity index (χ1n) is 9.08. The highest BCUT2D eigenvalue weighted by atomic mass is 32.2. The number of benzene rings is 2. The third kappa shape index (κ3) is 4.33. The van der Waals surface area contributed by atoms with Gasteiger partial charge < -0.3 is 14.8 Å². The lowest BCUT2D eigenvalue weighted by atomic mass is 9.98. The van der Waals surface area contributed by atoms with Crippen molar-refractivity contribution in [2.24, 2.45) is 0 Å². The molecule has 154 valence electrons. The summed E-state index contributed by atoms with van der Waals surface area (Å²) in [7, 11) is -3.39. The highest BCUT2D eigenvalue weighted by Crippen LogP contribution is 2.36. The number of ether oxygens (including phenoxy) is 1. The van der Waals surface area contributed by atoms with E-state index < -0.39 is 33.5 Å². The van der Waals surface area contributed by atoms with Crippen molar-refractivity contribution in [1.29, 1.82) is 0 Å². The normalized spacial score (nSPS) is 12.9. The topological polar surface area (TPSA) is 96.5 Å². The Morgan fingerprint density at radius 2 is 2.00 bits per heavy atom. The molecular weight excluding hydrogens is 397 g/mol. The number of halogens is 1. The molecule has 0 radical (unpaired) electrons. The number of fused-ring (bicyclic) bond motifs is 1. The Kier molecular flexibility index (Phi) is 5.77. The number of sulfone groups is 1. The van der Waals surface area contributed by atoms with E-state index in [-0.39, 0.29) is 17.9 Å². The number of carbonyl (C=O) groups excluding carboxylic acids is 1. The Bertz CT molecular complexity index is 1180. The van der Waals surface area contributed by atoms with E-state index in [1.165, 1.54) is 12.1 Å². The summed E-state index contributed by atoms with van der Waals surface area (Å²) in [6.45, 7) is 3.46. The first kappa shape index (κ1) is 21.0. The molecule has 0 amide bonds. The third-order valence-electron chi connectivity index (χ3n) is 4.56. The number of hydrogen-bond acceptors (Lipinski definition) is 5. The number of carbonyl (C=O) groups is 1. The van der Waals surface area contributed by atoms with Gasteiger partial charge in [0.2, 0.25) is 0 Å². The lowest BCUT2D eigenvalue weighted by Gasteiger charge is -2.08. The van der Waals surface area contributed by atoms with Crippen LogP contribution in [0.4, 0.5) is 4.39 Å². The monoisotopic (exact) mass is 419 g/mol. The summed E-state index contributed by atoms with van der Waals surface area (Å²) in [5.41, 5.74) is 2.18. The van der Waals surface area contributed by atoms with Crippen molar-refractivity contribution in [3.8, 4) is 11.1 Å². The van der Waals surface area contributed by atoms with Crippen LogP contribution in [0.5, 0.6) is 0 Å². The summed E-state index contributed by atoms with van der Waals surface area (Å²) in [4.78, 5) is 15.6. The zero-order chi connectivity index (χ0) is 21.3. The van der Waals surface area contributed by atoms with Crippen molar-refractivity contribution in [1.82, 2.24) is 4.98 Å². The molecule has 2 N–H and O–H groups in total. The van der Waals surface area contributed by atoms with E-state index in [0.29, 0.717) is 27.6 Å². The number of aromatic amines is 1. The van der Waals surface area contributed by atoms with Gasteiger partial charge in [0.05, 0.1) is 24.0 Å². The van der Waals surface area contributed by atoms with Gasteiger partial charge in [-0.1, -0.05) is 30.3 Å². The third-order valence-corrected chi connectivity index (χ3v) is 5.39. The number of hydrogen-bond donors (Lipinski definition) is 2. The molecule has 0 fully saturated rings. The van der Waals surface area contributed by atoms with Gasteiger partial charge in [-0.25, -0.2) is 17.6 Å². The minimum absolute atomic E-state index is 0.0541. The fourth-order valence-corrected chi connectivity index (χ4v) is 4.15. The van der Waals surface area contributed by atoms with Crippen LogP contribution in [0.1, 0.15) is 41.6 Å². The average Bonchev–Trinajstić information content (AvgIpc) is 3.02. The lowest BCUT2D eigenvalue weighted by Crippen LogP contribution is -2.07. The predicted octanol–water partition coefficient (Wildman–Crippen LogP) is 3.75. The molecule has 1 heterocycles. The molecule has 0 saturated carbocycles. The van der Waals surface area contributed by atoms with Gasteiger partial charge in [-0.05, 0) is 25.5 Å². The molecule has 0 spiro atoms. The maximum atomic E-state index is 14.6. The van der Waals surface area contributed by atoms with E-state index in [1.54, 1.807) is 38.1 Å². The maximum absolute atomic E-state index is 14.6. The fourth-order valence-electron chi connectivity index (χ4n) is 3.35. The molecule has 0 aliphatic rings. The van der Waals surface area contributed by atoms with E-state index in [0.717, 1.165) is 6.26 Å². The Morgan fingerprint density at radius 1 is 1.28 bits per heavy atom. The Balaban J connectivity index is 2.25. The summed E-state index contributed by atoms with van der Waals surface area (Å²) in [6, 6.07) is 9.42. The SMILES string of the molecule is CCOC(=O)c1[nH]c2c(C(C)O)cccc2c1-c1ccc(CS(C)(=O)=O)c(F)c1. The molecule has 0 bridgehead atoms. The molecule has 29 heavy (non-hydrogen) atoms. The Hall–Kier alpha value is -2.71. The van der Waals surface area contributed by atoms with Crippen LogP contribution in [-0.2, 0) is 20.3 Å². The first-order valence-corrected chi connectivity index (χ1v) is 11.1. The standard InChI is InChI=1S/C21H22FNO5S/c1-4-28-21(25)20-18(16-7-5-6-15(12(2)24)19(16)23-20)13-8-9-14(17(22)10-13)11-29(3,26)27/h5-10,12,23-24H,4,11H2,1-3H3. The summed E-state index contributed by atoms with van der Waals surface area (Å²) < 4.78 is 42.8. The molecule has 3 rings (SSSR count). The summed E-state index contributed by atoms with van der Waals surface area (Å²) >= 11 is 0. The molecule has 0 aliphatic carbocycles. The number of para-hydroxylation sites is 1. The minimum atomic E-state index is -3.39. The van der Waals surface area contributed by atoms with E-state index in [2.05, 4.69) is 4.98 Å². The van der Waals surface area contributed by atoms with Crippen LogP contribution in [0.3, 0.4) is 0 Å². The summed E-state index contributed by atoms with van der Waals surface area (Å²) in [6.07, 6.45) is 0.255. The quantitative estimate of drug-likeness (QED) is 0.593. The Morgan fingerprint density at radius 3 is 2.59 bits per heavy atom. The van der Waals surface area contributed by atoms with Crippen LogP contribution in [0.2, 0.25) is 0 Å².